The van der Waals surface area contributed by atoms with Gasteiger partial charge in [-0.25, -0.2) is 4.79 Å². The Balaban J connectivity index is 1.24. The summed E-state index contributed by atoms with van der Waals surface area (Å²) in [5, 5.41) is 13.7. The summed E-state index contributed by atoms with van der Waals surface area (Å²) in [5.74, 6) is 0. The largest absolute Gasteiger partial charge is 0.365 e. The maximum Gasteiger partial charge on any atom is 0.319 e. The average molecular weight is 454 g/mol. The third-order valence-corrected chi connectivity index (χ3v) is 6.81. The lowest BCUT2D eigenvalue weighted by Crippen LogP contribution is -2.39. The minimum Gasteiger partial charge on any atom is -0.365 e. The van der Waals surface area contributed by atoms with Crippen molar-refractivity contribution in [2.24, 2.45) is 0 Å². The minimum atomic E-state index is -0.229. The molecule has 2 amide bonds. The van der Waals surface area contributed by atoms with Gasteiger partial charge in [-0.1, -0.05) is 12.1 Å². The number of carbonyl (C=O) groups excluding carboxylic acids is 1. The Morgan fingerprint density at radius 2 is 2.00 bits per heavy atom. The summed E-state index contributed by atoms with van der Waals surface area (Å²) in [5.41, 5.74) is 4.00. The monoisotopic (exact) mass is 453 g/mol. The molecular formula is C22H24BrN5O. The van der Waals surface area contributed by atoms with Crippen LogP contribution in [-0.4, -0.2) is 28.3 Å². The van der Waals surface area contributed by atoms with Crippen molar-refractivity contribution < 1.29 is 4.79 Å². The number of rotatable bonds is 4. The number of H-pyrrole nitrogens is 1. The van der Waals surface area contributed by atoms with Crippen LogP contribution in [0.15, 0.2) is 47.1 Å². The molecule has 29 heavy (non-hydrogen) atoms. The van der Waals surface area contributed by atoms with Gasteiger partial charge in [-0.2, -0.15) is 5.10 Å². The molecule has 7 heteroatoms. The Bertz CT molecular complexity index is 1030. The lowest BCUT2D eigenvalue weighted by Gasteiger charge is -2.37. The Hall–Kier alpha value is -2.54. The van der Waals surface area contributed by atoms with Crippen molar-refractivity contribution in [1.29, 1.82) is 0 Å². The molecule has 2 aliphatic heterocycles. The van der Waals surface area contributed by atoms with Gasteiger partial charge in [0, 0.05) is 28.5 Å². The van der Waals surface area contributed by atoms with E-state index in [1.165, 1.54) is 37.8 Å². The van der Waals surface area contributed by atoms with Crippen molar-refractivity contribution in [3.63, 3.8) is 0 Å². The predicted molar refractivity (Wildman–Crippen MR) is 119 cm³/mol. The molecule has 5 rings (SSSR count). The minimum absolute atomic E-state index is 0.229. The van der Waals surface area contributed by atoms with Gasteiger partial charge in [-0.15, -0.1) is 0 Å². The molecule has 2 fully saturated rings. The van der Waals surface area contributed by atoms with Gasteiger partial charge in [-0.3, -0.25) is 5.10 Å². The van der Waals surface area contributed by atoms with E-state index in [1.807, 2.05) is 18.2 Å². The first-order chi connectivity index (χ1) is 14.2. The third-order valence-electron chi connectivity index (χ3n) is 6.17. The van der Waals surface area contributed by atoms with Crippen LogP contribution in [0, 0.1) is 0 Å². The molecule has 0 saturated carbocycles. The fraction of sp³-hybridized carbons (Fsp3) is 0.364. The molecule has 0 unspecified atom stereocenters. The molecule has 3 N–H and O–H groups in total. The van der Waals surface area contributed by atoms with Crippen LogP contribution in [0.5, 0.6) is 0 Å². The quantitative estimate of drug-likeness (QED) is 0.510. The van der Waals surface area contributed by atoms with Gasteiger partial charge in [0.05, 0.1) is 23.1 Å². The second-order valence-corrected chi connectivity index (χ2v) is 8.81. The molecular weight excluding hydrogens is 430 g/mol. The van der Waals surface area contributed by atoms with Gasteiger partial charge in [0.1, 0.15) is 0 Å². The zero-order valence-electron chi connectivity index (χ0n) is 16.1. The highest BCUT2D eigenvalue weighted by Crippen LogP contribution is 2.42. The Kier molecular flexibility index (Phi) is 4.91. The average Bonchev–Trinajstić information content (AvgIpc) is 3.29. The molecule has 0 spiro atoms. The number of carbonyl (C=O) groups is 1. The van der Waals surface area contributed by atoms with E-state index < -0.39 is 0 Å². The fourth-order valence-electron chi connectivity index (χ4n) is 4.81. The number of amides is 2. The fourth-order valence-corrected chi connectivity index (χ4v) is 5.44. The number of aromatic amines is 1. The second-order valence-electron chi connectivity index (χ2n) is 7.95. The molecule has 0 aliphatic carbocycles. The van der Waals surface area contributed by atoms with E-state index in [4.69, 9.17) is 0 Å². The van der Waals surface area contributed by atoms with Crippen LogP contribution >= 0.6 is 15.9 Å². The van der Waals surface area contributed by atoms with Crippen molar-refractivity contribution in [3.8, 4) is 0 Å². The maximum absolute atomic E-state index is 12.4. The van der Waals surface area contributed by atoms with Gasteiger partial charge in [-0.05, 0) is 77.9 Å². The first kappa shape index (κ1) is 18.5. The lowest BCUT2D eigenvalue weighted by molar-refractivity contribution is 0.252. The number of halogens is 1. The van der Waals surface area contributed by atoms with Crippen molar-refractivity contribution in [3.05, 3.63) is 52.6 Å². The van der Waals surface area contributed by atoms with Gasteiger partial charge in [0.15, 0.2) is 0 Å². The van der Waals surface area contributed by atoms with E-state index in [2.05, 4.69) is 59.9 Å². The molecule has 6 nitrogen and oxygen atoms in total. The van der Waals surface area contributed by atoms with Crippen molar-refractivity contribution in [1.82, 2.24) is 15.5 Å². The predicted octanol–water partition coefficient (Wildman–Crippen LogP) is 5.17. The molecule has 150 valence electrons. The summed E-state index contributed by atoms with van der Waals surface area (Å²) in [6.45, 7) is 0.471. The van der Waals surface area contributed by atoms with E-state index in [1.54, 1.807) is 6.20 Å². The topological polar surface area (TPSA) is 73.1 Å². The summed E-state index contributed by atoms with van der Waals surface area (Å²) in [6.07, 6.45) is 8.29. The molecule has 3 heterocycles. The summed E-state index contributed by atoms with van der Waals surface area (Å²) in [6, 6.07) is 13.3. The summed E-state index contributed by atoms with van der Waals surface area (Å²) < 4.78 is 1.11. The Morgan fingerprint density at radius 3 is 2.79 bits per heavy atom. The van der Waals surface area contributed by atoms with Crippen molar-refractivity contribution in [2.45, 2.75) is 50.7 Å². The Morgan fingerprint density at radius 1 is 1.17 bits per heavy atom. The zero-order valence-corrected chi connectivity index (χ0v) is 17.7. The van der Waals surface area contributed by atoms with Gasteiger partial charge in [0.2, 0.25) is 0 Å². The summed E-state index contributed by atoms with van der Waals surface area (Å²) >= 11 is 3.77. The number of fused-ring (bicyclic) bond motifs is 3. The maximum atomic E-state index is 12.4. The highest BCUT2D eigenvalue weighted by Gasteiger charge is 2.37. The van der Waals surface area contributed by atoms with E-state index >= 15 is 0 Å². The van der Waals surface area contributed by atoms with Crippen LogP contribution in [0.4, 0.5) is 16.2 Å². The van der Waals surface area contributed by atoms with Gasteiger partial charge in [0.25, 0.3) is 0 Å². The third kappa shape index (κ3) is 3.59. The van der Waals surface area contributed by atoms with Crippen LogP contribution in [0.3, 0.4) is 0 Å². The highest BCUT2D eigenvalue weighted by molar-refractivity contribution is 9.10. The van der Waals surface area contributed by atoms with Crippen LogP contribution < -0.4 is 15.5 Å². The molecule has 2 saturated heterocycles. The number of piperidine rings is 1. The lowest BCUT2D eigenvalue weighted by atomic mass is 10.0. The van der Waals surface area contributed by atoms with Crippen molar-refractivity contribution in [2.75, 3.05) is 10.2 Å². The van der Waals surface area contributed by atoms with Crippen molar-refractivity contribution >= 4 is 44.2 Å². The first-order valence-corrected chi connectivity index (χ1v) is 11.0. The summed E-state index contributed by atoms with van der Waals surface area (Å²) in [7, 11) is 0. The highest BCUT2D eigenvalue weighted by atomic mass is 79.9. The second kappa shape index (κ2) is 7.71. The molecule has 3 aromatic rings. The number of hydrogen-bond donors (Lipinski definition) is 3. The van der Waals surface area contributed by atoms with Crippen LogP contribution in [0.1, 0.15) is 37.7 Å². The van der Waals surface area contributed by atoms with Crippen LogP contribution in [0.2, 0.25) is 0 Å². The standard InChI is InChI=1S/C22H24BrN5O/c23-18-11-14(7-10-21(18)28-15-3-1-4-16(28)9-8-15)12-24-22(29)26-19-5-2-6-20-17(19)13-25-27-20/h2,5-7,10-11,13,15-16H,1,3-4,8-9,12H2,(H,25,27)(H2,24,26,29)/t15-,16+. The molecule has 2 atom stereocenters. The first-order valence-electron chi connectivity index (χ1n) is 10.2. The number of urea groups is 1. The molecule has 0 radical (unpaired) electrons. The zero-order chi connectivity index (χ0) is 19.8. The van der Waals surface area contributed by atoms with E-state index in [-0.39, 0.29) is 6.03 Å². The number of benzene rings is 2. The number of aromatic nitrogens is 2. The number of nitrogens with one attached hydrogen (secondary N) is 3. The smallest absolute Gasteiger partial charge is 0.319 e. The number of anilines is 2. The van der Waals surface area contributed by atoms with Crippen LogP contribution in [-0.2, 0) is 6.54 Å². The normalized spacial score (nSPS) is 20.8. The SMILES string of the molecule is O=C(NCc1ccc(N2[C@@H]3CCC[C@H]2CC3)c(Br)c1)Nc1cccc2[nH]ncc12. The number of hydrogen-bond acceptors (Lipinski definition) is 3. The molecule has 2 bridgehead atoms. The van der Waals surface area contributed by atoms with Gasteiger partial charge < -0.3 is 15.5 Å². The summed E-state index contributed by atoms with van der Waals surface area (Å²) in [4.78, 5) is 15.0. The van der Waals surface area contributed by atoms with Crippen LogP contribution in [0.25, 0.3) is 10.9 Å². The van der Waals surface area contributed by atoms with E-state index in [0.717, 1.165) is 26.6 Å². The molecule has 2 aromatic carbocycles. The van der Waals surface area contributed by atoms with E-state index in [9.17, 15) is 4.79 Å². The number of nitrogens with zero attached hydrogens (tertiary/aromatic N) is 2. The molecule has 2 aliphatic rings. The Labute approximate surface area is 178 Å². The van der Waals surface area contributed by atoms with E-state index in [0.29, 0.717) is 18.6 Å². The van der Waals surface area contributed by atoms with Gasteiger partial charge >= 0.3 is 6.03 Å². The molecule has 1 aromatic heterocycles.